The van der Waals surface area contributed by atoms with Crippen LogP contribution in [0, 0.1) is 0 Å². The fourth-order valence-corrected chi connectivity index (χ4v) is 3.33. The monoisotopic (exact) mass is 504 g/mol. The summed E-state index contributed by atoms with van der Waals surface area (Å²) in [5.74, 6) is 0. The van der Waals surface area contributed by atoms with E-state index in [1.807, 2.05) is 24.3 Å². The molecule has 0 N–H and O–H groups in total. The van der Waals surface area contributed by atoms with Crippen LogP contribution in [0.2, 0.25) is 0 Å². The van der Waals surface area contributed by atoms with Gasteiger partial charge in [0.05, 0.1) is 7.05 Å². The molecule has 0 aliphatic carbocycles. The Kier molecular flexibility index (Phi) is 8.41. The zero-order chi connectivity index (χ0) is 19.0. The number of benzene rings is 2. The second-order valence-corrected chi connectivity index (χ2v) is 8.31. The van der Waals surface area contributed by atoms with E-state index in [1.54, 1.807) is 0 Å². The SMILES string of the molecule is C[N+](CCOC(=O)OCCl)(Cc1ccc(Br)cc1)Cc1ccc(Br)cc1. The molecule has 0 radical (unpaired) electrons. The van der Waals surface area contributed by atoms with Crippen molar-refractivity contribution in [1.29, 1.82) is 0 Å². The van der Waals surface area contributed by atoms with E-state index in [0.29, 0.717) is 11.0 Å². The van der Waals surface area contributed by atoms with Gasteiger partial charge >= 0.3 is 6.16 Å². The van der Waals surface area contributed by atoms with Crippen molar-refractivity contribution in [2.75, 3.05) is 26.3 Å². The number of quaternary nitrogens is 1. The van der Waals surface area contributed by atoms with Gasteiger partial charge < -0.3 is 14.0 Å². The van der Waals surface area contributed by atoms with E-state index in [0.717, 1.165) is 22.0 Å². The van der Waals surface area contributed by atoms with Gasteiger partial charge in [0.1, 0.15) is 26.2 Å². The summed E-state index contributed by atoms with van der Waals surface area (Å²) in [6, 6.07) is 16.3. The van der Waals surface area contributed by atoms with Gasteiger partial charge in [-0.1, -0.05) is 67.7 Å². The van der Waals surface area contributed by atoms with Gasteiger partial charge in [0, 0.05) is 20.1 Å². The molecule has 0 aliphatic heterocycles. The number of carbonyl (C=O) groups is 1. The molecule has 140 valence electrons. The number of halogens is 3. The minimum atomic E-state index is -0.737. The molecule has 0 atom stereocenters. The van der Waals surface area contributed by atoms with E-state index in [4.69, 9.17) is 16.3 Å². The smallest absolute Gasteiger partial charge is 0.428 e. The lowest BCUT2D eigenvalue weighted by Gasteiger charge is -2.34. The molecular weight excluding hydrogens is 485 g/mol. The van der Waals surface area contributed by atoms with E-state index in [2.05, 4.69) is 67.9 Å². The predicted molar refractivity (Wildman–Crippen MR) is 110 cm³/mol. The molecule has 0 unspecified atom stereocenters. The summed E-state index contributed by atoms with van der Waals surface area (Å²) in [7, 11) is 2.15. The van der Waals surface area contributed by atoms with Gasteiger partial charge in [-0.2, -0.15) is 0 Å². The summed E-state index contributed by atoms with van der Waals surface area (Å²) in [6.07, 6.45) is -0.737. The van der Waals surface area contributed by atoms with Crippen molar-refractivity contribution in [3.8, 4) is 0 Å². The van der Waals surface area contributed by atoms with Crippen LogP contribution < -0.4 is 0 Å². The van der Waals surface area contributed by atoms with Gasteiger partial charge in [-0.15, -0.1) is 0 Å². The number of ether oxygens (including phenoxy) is 2. The molecule has 4 nitrogen and oxygen atoms in total. The molecule has 0 saturated carbocycles. The van der Waals surface area contributed by atoms with Gasteiger partial charge in [-0.3, -0.25) is 0 Å². The Bertz CT molecular complexity index is 660. The molecule has 2 aromatic carbocycles. The molecule has 0 aliphatic rings. The van der Waals surface area contributed by atoms with Crippen LogP contribution in [0.25, 0.3) is 0 Å². The number of nitrogens with zero attached hydrogens (tertiary/aromatic N) is 1. The molecular formula is C19H21Br2ClNO3+. The van der Waals surface area contributed by atoms with Crippen molar-refractivity contribution in [1.82, 2.24) is 0 Å². The molecule has 2 rings (SSSR count). The van der Waals surface area contributed by atoms with E-state index in [9.17, 15) is 4.79 Å². The minimum Gasteiger partial charge on any atom is -0.428 e. The maximum absolute atomic E-state index is 11.4. The molecule has 0 saturated heterocycles. The minimum absolute atomic E-state index is 0.206. The summed E-state index contributed by atoms with van der Waals surface area (Å²) in [6.45, 7) is 2.55. The summed E-state index contributed by atoms with van der Waals surface area (Å²) >= 11 is 12.3. The lowest BCUT2D eigenvalue weighted by atomic mass is 10.1. The first-order valence-electron chi connectivity index (χ1n) is 8.08. The third kappa shape index (κ3) is 7.27. The van der Waals surface area contributed by atoms with E-state index < -0.39 is 6.16 Å². The first-order chi connectivity index (χ1) is 12.4. The average molecular weight is 507 g/mol. The van der Waals surface area contributed by atoms with Crippen LogP contribution in [0.1, 0.15) is 11.1 Å². The highest BCUT2D eigenvalue weighted by Gasteiger charge is 2.24. The Morgan fingerprint density at radius 1 is 0.923 bits per heavy atom. The molecule has 0 fully saturated rings. The van der Waals surface area contributed by atoms with Crippen LogP contribution in [0.15, 0.2) is 57.5 Å². The van der Waals surface area contributed by atoms with Crippen LogP contribution in [0.3, 0.4) is 0 Å². The first kappa shape index (κ1) is 21.2. The quantitative estimate of drug-likeness (QED) is 0.261. The highest BCUT2D eigenvalue weighted by molar-refractivity contribution is 9.10. The number of rotatable bonds is 8. The van der Waals surface area contributed by atoms with Crippen LogP contribution >= 0.6 is 43.5 Å². The third-order valence-corrected chi connectivity index (χ3v) is 5.14. The molecule has 0 heterocycles. The molecule has 7 heteroatoms. The van der Waals surface area contributed by atoms with Crippen molar-refractivity contribution >= 4 is 49.6 Å². The predicted octanol–water partition coefficient (Wildman–Crippen LogP) is 5.71. The summed E-state index contributed by atoms with van der Waals surface area (Å²) in [5.41, 5.74) is 2.44. The Balaban J connectivity index is 2.09. The Morgan fingerprint density at radius 2 is 1.38 bits per heavy atom. The molecule has 0 amide bonds. The van der Waals surface area contributed by atoms with Crippen LogP contribution in [-0.4, -0.2) is 36.9 Å². The van der Waals surface area contributed by atoms with Gasteiger partial charge in [0.25, 0.3) is 0 Å². The second kappa shape index (κ2) is 10.3. The van der Waals surface area contributed by atoms with Crippen molar-refractivity contribution in [3.05, 3.63) is 68.6 Å². The van der Waals surface area contributed by atoms with Gasteiger partial charge in [0.2, 0.25) is 0 Å². The lowest BCUT2D eigenvalue weighted by Crippen LogP contribution is -2.45. The second-order valence-electron chi connectivity index (χ2n) is 6.26. The maximum Gasteiger partial charge on any atom is 0.509 e. The largest absolute Gasteiger partial charge is 0.509 e. The van der Waals surface area contributed by atoms with Crippen LogP contribution in [0.4, 0.5) is 4.79 Å². The average Bonchev–Trinajstić information content (AvgIpc) is 2.59. The first-order valence-corrected chi connectivity index (χ1v) is 10.2. The number of alkyl halides is 1. The Morgan fingerprint density at radius 3 is 1.81 bits per heavy atom. The maximum atomic E-state index is 11.4. The summed E-state index contributed by atoms with van der Waals surface area (Å²) < 4.78 is 12.5. The number of carbonyl (C=O) groups excluding carboxylic acids is 1. The highest BCUT2D eigenvalue weighted by Crippen LogP contribution is 2.20. The summed E-state index contributed by atoms with van der Waals surface area (Å²) in [5, 5.41) is 0. The van der Waals surface area contributed by atoms with Gasteiger partial charge in [0.15, 0.2) is 6.07 Å². The number of hydrogen-bond acceptors (Lipinski definition) is 3. The molecule has 2 aromatic rings. The highest BCUT2D eigenvalue weighted by atomic mass is 79.9. The zero-order valence-electron chi connectivity index (χ0n) is 14.5. The molecule has 0 aromatic heterocycles. The molecule has 26 heavy (non-hydrogen) atoms. The fourth-order valence-electron chi connectivity index (χ4n) is 2.71. The number of hydrogen-bond donors (Lipinski definition) is 0. The topological polar surface area (TPSA) is 35.5 Å². The van der Waals surface area contributed by atoms with Crippen LogP contribution in [0.5, 0.6) is 0 Å². The zero-order valence-corrected chi connectivity index (χ0v) is 18.4. The molecule has 0 spiro atoms. The fraction of sp³-hybridized carbons (Fsp3) is 0.316. The van der Waals surface area contributed by atoms with Crippen LogP contribution in [-0.2, 0) is 22.6 Å². The van der Waals surface area contributed by atoms with Crippen molar-refractivity contribution in [3.63, 3.8) is 0 Å². The van der Waals surface area contributed by atoms with Crippen molar-refractivity contribution in [2.45, 2.75) is 13.1 Å². The molecule has 0 bridgehead atoms. The Hall–Kier alpha value is -1.08. The van der Waals surface area contributed by atoms with Crippen molar-refractivity contribution < 1.29 is 18.8 Å². The van der Waals surface area contributed by atoms with E-state index >= 15 is 0 Å². The standard InChI is InChI=1S/C19H21Br2ClNO3/c1-23(10-11-25-19(24)26-14-22,12-15-2-6-17(20)7-3-15)13-16-4-8-18(21)9-5-16/h2-9H,10-14H2,1H3/q+1. The Labute approximate surface area is 175 Å². The summed E-state index contributed by atoms with van der Waals surface area (Å²) in [4.78, 5) is 11.4. The number of likely N-dealkylation sites (N-methyl/N-ethyl adjacent to an activating group) is 1. The van der Waals surface area contributed by atoms with Gasteiger partial charge in [-0.25, -0.2) is 4.79 Å². The van der Waals surface area contributed by atoms with E-state index in [-0.39, 0.29) is 12.7 Å². The normalized spacial score (nSPS) is 11.2. The van der Waals surface area contributed by atoms with E-state index in [1.165, 1.54) is 11.1 Å². The van der Waals surface area contributed by atoms with Gasteiger partial charge in [-0.05, 0) is 24.3 Å². The van der Waals surface area contributed by atoms with Crippen molar-refractivity contribution in [2.24, 2.45) is 0 Å². The lowest BCUT2D eigenvalue weighted by molar-refractivity contribution is -0.935. The third-order valence-electron chi connectivity index (χ3n) is 3.98.